The van der Waals surface area contributed by atoms with Gasteiger partial charge >= 0.3 is 6.09 Å². The third kappa shape index (κ3) is 4.15. The molecule has 2 aliphatic rings. The summed E-state index contributed by atoms with van der Waals surface area (Å²) in [4.78, 5) is 33.7. The van der Waals surface area contributed by atoms with Crippen molar-refractivity contribution in [3.8, 4) is 0 Å². The van der Waals surface area contributed by atoms with Crippen LogP contribution in [-0.4, -0.2) is 83.6 Å². The van der Waals surface area contributed by atoms with Gasteiger partial charge in [0.1, 0.15) is 5.69 Å². The van der Waals surface area contributed by atoms with Crippen LogP contribution in [0.4, 0.5) is 4.79 Å². The van der Waals surface area contributed by atoms with Gasteiger partial charge in [-0.1, -0.05) is 0 Å². The monoisotopic (exact) mass is 348 g/mol. The number of aromatic nitrogens is 1. The molecule has 1 aromatic heterocycles. The maximum atomic E-state index is 12.7. The van der Waals surface area contributed by atoms with Crippen LogP contribution in [0.2, 0.25) is 0 Å². The van der Waals surface area contributed by atoms with Crippen LogP contribution in [0.15, 0.2) is 12.3 Å². The van der Waals surface area contributed by atoms with Crippen molar-refractivity contribution in [2.45, 2.75) is 32.7 Å². The summed E-state index contributed by atoms with van der Waals surface area (Å²) in [5, 5.41) is 0. The topological polar surface area (TPSA) is 68.9 Å². The molecule has 3 rings (SSSR count). The molecule has 0 aliphatic carbocycles. The lowest BCUT2D eigenvalue weighted by molar-refractivity contribution is 0.0375. The van der Waals surface area contributed by atoms with E-state index in [0.29, 0.717) is 31.4 Å². The van der Waals surface area contributed by atoms with Gasteiger partial charge in [-0.25, -0.2) is 4.79 Å². The summed E-state index contributed by atoms with van der Waals surface area (Å²) >= 11 is 0. The molecule has 0 bridgehead atoms. The van der Waals surface area contributed by atoms with E-state index in [9.17, 15) is 9.59 Å². The Morgan fingerprint density at radius 3 is 2.60 bits per heavy atom. The summed E-state index contributed by atoms with van der Waals surface area (Å²) in [6.07, 6.45) is 3.77. The fourth-order valence-corrected chi connectivity index (χ4v) is 3.72. The summed E-state index contributed by atoms with van der Waals surface area (Å²) in [5.74, 6) is 0.0861. The van der Waals surface area contributed by atoms with Crippen LogP contribution in [-0.2, 0) is 4.74 Å². The van der Waals surface area contributed by atoms with Gasteiger partial charge in [0.15, 0.2) is 0 Å². The zero-order chi connectivity index (χ0) is 17.8. The summed E-state index contributed by atoms with van der Waals surface area (Å²) in [6, 6.07) is 2.28. The maximum absolute atomic E-state index is 12.7. The van der Waals surface area contributed by atoms with Crippen molar-refractivity contribution < 1.29 is 14.3 Å². The van der Waals surface area contributed by atoms with Crippen molar-refractivity contribution in [2.75, 3.05) is 45.9 Å². The Morgan fingerprint density at radius 2 is 1.96 bits per heavy atom. The molecule has 0 radical (unpaired) electrons. The second-order valence-electron chi connectivity index (χ2n) is 6.86. The van der Waals surface area contributed by atoms with Gasteiger partial charge in [-0.3, -0.25) is 9.69 Å². The summed E-state index contributed by atoms with van der Waals surface area (Å²) in [5.41, 5.74) is 1.75. The van der Waals surface area contributed by atoms with Crippen molar-refractivity contribution in [3.63, 3.8) is 0 Å². The van der Waals surface area contributed by atoms with Crippen molar-refractivity contribution in [3.05, 3.63) is 23.5 Å². The average molecular weight is 348 g/mol. The lowest BCUT2D eigenvalue weighted by atomic mass is 10.0. The van der Waals surface area contributed by atoms with E-state index in [-0.39, 0.29) is 12.0 Å². The van der Waals surface area contributed by atoms with Crippen LogP contribution >= 0.6 is 0 Å². The van der Waals surface area contributed by atoms with Gasteiger partial charge in [-0.05, 0) is 38.3 Å². The molecule has 1 aromatic rings. The van der Waals surface area contributed by atoms with E-state index in [1.807, 2.05) is 31.0 Å². The highest BCUT2D eigenvalue weighted by Gasteiger charge is 2.31. The van der Waals surface area contributed by atoms with E-state index in [0.717, 1.165) is 44.6 Å². The predicted molar refractivity (Wildman–Crippen MR) is 94.6 cm³/mol. The molecular weight excluding hydrogens is 320 g/mol. The Balaban J connectivity index is 1.54. The molecule has 0 spiro atoms. The number of hydrogen-bond acceptors (Lipinski definition) is 4. The van der Waals surface area contributed by atoms with E-state index >= 15 is 0 Å². The maximum Gasteiger partial charge on any atom is 0.409 e. The van der Waals surface area contributed by atoms with Crippen LogP contribution in [0.1, 0.15) is 35.8 Å². The fourth-order valence-electron chi connectivity index (χ4n) is 3.72. The van der Waals surface area contributed by atoms with E-state index in [1.54, 1.807) is 4.90 Å². The fraction of sp³-hybridized carbons (Fsp3) is 0.667. The van der Waals surface area contributed by atoms with Gasteiger partial charge in [0.05, 0.1) is 6.61 Å². The first-order valence-electron chi connectivity index (χ1n) is 9.18. The number of likely N-dealkylation sites (tertiary alicyclic amines) is 1. The van der Waals surface area contributed by atoms with Gasteiger partial charge in [-0.2, -0.15) is 0 Å². The van der Waals surface area contributed by atoms with Crippen LogP contribution in [0.3, 0.4) is 0 Å². The summed E-state index contributed by atoms with van der Waals surface area (Å²) in [7, 11) is 0. The lowest BCUT2D eigenvalue weighted by Gasteiger charge is -2.43. The SMILES string of the molecule is CCOC(=O)N1CCN(C2CCCN(C(=O)c3cc(C)c[nH]3)C2)CC1. The van der Waals surface area contributed by atoms with Crippen LogP contribution in [0.5, 0.6) is 0 Å². The quantitative estimate of drug-likeness (QED) is 0.903. The van der Waals surface area contributed by atoms with Gasteiger partial charge in [0, 0.05) is 51.5 Å². The number of ether oxygens (including phenoxy) is 1. The van der Waals surface area contributed by atoms with Crippen LogP contribution < -0.4 is 0 Å². The van der Waals surface area contributed by atoms with Crippen molar-refractivity contribution in [1.29, 1.82) is 0 Å². The van der Waals surface area contributed by atoms with Gasteiger partial charge in [0.2, 0.25) is 0 Å². The molecule has 0 aromatic carbocycles. The minimum absolute atomic E-state index is 0.0861. The third-order valence-corrected chi connectivity index (χ3v) is 5.10. The minimum Gasteiger partial charge on any atom is -0.450 e. The largest absolute Gasteiger partial charge is 0.450 e. The number of carbonyl (C=O) groups is 2. The smallest absolute Gasteiger partial charge is 0.409 e. The number of rotatable bonds is 3. The zero-order valence-corrected chi connectivity index (χ0v) is 15.2. The number of nitrogens with one attached hydrogen (secondary N) is 1. The molecule has 1 atom stereocenters. The van der Waals surface area contributed by atoms with E-state index in [1.165, 1.54) is 0 Å². The number of piperidine rings is 1. The standard InChI is InChI=1S/C18H28N4O3/c1-3-25-18(24)21-9-7-20(8-10-21)15-5-4-6-22(13-15)17(23)16-11-14(2)12-19-16/h11-12,15,19H,3-10,13H2,1-2H3. The average Bonchev–Trinajstić information content (AvgIpc) is 3.08. The number of aromatic amines is 1. The Kier molecular flexibility index (Phi) is 5.63. The number of nitrogens with zero attached hydrogens (tertiary/aromatic N) is 3. The number of aryl methyl sites for hydroxylation is 1. The van der Waals surface area contributed by atoms with Crippen LogP contribution in [0, 0.1) is 6.92 Å². The molecule has 0 saturated carbocycles. The molecule has 2 aliphatic heterocycles. The van der Waals surface area contributed by atoms with Crippen LogP contribution in [0.25, 0.3) is 0 Å². The van der Waals surface area contributed by atoms with Crippen molar-refractivity contribution in [1.82, 2.24) is 19.7 Å². The molecular formula is C18H28N4O3. The Labute approximate surface area is 148 Å². The highest BCUT2D eigenvalue weighted by Crippen LogP contribution is 2.20. The normalized spacial score (nSPS) is 22.1. The Bertz CT molecular complexity index is 607. The first-order valence-corrected chi connectivity index (χ1v) is 9.18. The molecule has 7 heteroatoms. The number of carbonyl (C=O) groups excluding carboxylic acids is 2. The first kappa shape index (κ1) is 17.8. The molecule has 25 heavy (non-hydrogen) atoms. The molecule has 1 N–H and O–H groups in total. The van der Waals surface area contributed by atoms with Gasteiger partial charge in [-0.15, -0.1) is 0 Å². The molecule has 7 nitrogen and oxygen atoms in total. The second-order valence-corrected chi connectivity index (χ2v) is 6.86. The number of hydrogen-bond donors (Lipinski definition) is 1. The predicted octanol–water partition coefficient (Wildman–Crippen LogP) is 1.70. The van der Waals surface area contributed by atoms with E-state index in [4.69, 9.17) is 4.74 Å². The second kappa shape index (κ2) is 7.91. The number of piperazine rings is 1. The van der Waals surface area contributed by atoms with E-state index in [2.05, 4.69) is 9.88 Å². The van der Waals surface area contributed by atoms with Crippen molar-refractivity contribution >= 4 is 12.0 Å². The Morgan fingerprint density at radius 1 is 1.20 bits per heavy atom. The first-order chi connectivity index (χ1) is 12.1. The summed E-state index contributed by atoms with van der Waals surface area (Å²) < 4.78 is 5.07. The highest BCUT2D eigenvalue weighted by molar-refractivity contribution is 5.92. The number of H-pyrrole nitrogens is 1. The number of amides is 2. The molecule has 2 amide bonds. The lowest BCUT2D eigenvalue weighted by Crippen LogP contribution is -2.56. The molecule has 2 saturated heterocycles. The summed E-state index contributed by atoms with van der Waals surface area (Å²) in [6.45, 7) is 8.87. The van der Waals surface area contributed by atoms with Crippen molar-refractivity contribution in [2.24, 2.45) is 0 Å². The van der Waals surface area contributed by atoms with Gasteiger partial charge in [0.25, 0.3) is 5.91 Å². The molecule has 1 unspecified atom stereocenters. The highest BCUT2D eigenvalue weighted by atomic mass is 16.6. The van der Waals surface area contributed by atoms with E-state index < -0.39 is 0 Å². The molecule has 3 heterocycles. The minimum atomic E-state index is -0.218. The Hall–Kier alpha value is -2.02. The molecule has 2 fully saturated rings. The van der Waals surface area contributed by atoms with Gasteiger partial charge < -0.3 is 19.5 Å². The third-order valence-electron chi connectivity index (χ3n) is 5.10. The molecule has 138 valence electrons. The zero-order valence-electron chi connectivity index (χ0n) is 15.2.